The van der Waals surface area contributed by atoms with Crippen molar-refractivity contribution in [3.05, 3.63) is 77.6 Å². The Labute approximate surface area is 197 Å². The van der Waals surface area contributed by atoms with Crippen molar-refractivity contribution in [2.75, 3.05) is 0 Å². The number of fused-ring (bicyclic) bond motifs is 1. The van der Waals surface area contributed by atoms with Crippen LogP contribution in [0.5, 0.6) is 5.75 Å². The van der Waals surface area contributed by atoms with Crippen molar-refractivity contribution in [1.82, 2.24) is 30.2 Å². The van der Waals surface area contributed by atoms with Crippen LogP contribution in [0, 0.1) is 6.92 Å². The van der Waals surface area contributed by atoms with Crippen LogP contribution in [0.25, 0.3) is 33.5 Å². The van der Waals surface area contributed by atoms with Crippen molar-refractivity contribution in [3.63, 3.8) is 0 Å². The van der Waals surface area contributed by atoms with Gasteiger partial charge in [-0.3, -0.25) is 0 Å². The zero-order valence-corrected chi connectivity index (χ0v) is 19.3. The summed E-state index contributed by atoms with van der Waals surface area (Å²) in [5.41, 5.74) is 6.98. The Balaban J connectivity index is 0.00000274. The molecule has 2 aromatic heterocycles. The molecule has 34 heavy (non-hydrogen) atoms. The lowest BCUT2D eigenvalue weighted by Crippen LogP contribution is -2.05. The first-order valence-corrected chi connectivity index (χ1v) is 11.3. The molecule has 8 nitrogen and oxygen atoms in total. The Morgan fingerprint density at radius 3 is 2.44 bits per heavy atom. The number of aryl methyl sites for hydroxylation is 2. The van der Waals surface area contributed by atoms with E-state index in [0.29, 0.717) is 12.4 Å². The number of nitrogens with zero attached hydrogens (tertiary/aromatic N) is 5. The number of phenols is 1. The van der Waals surface area contributed by atoms with E-state index in [4.69, 9.17) is 4.98 Å². The van der Waals surface area contributed by atoms with Gasteiger partial charge >= 0.3 is 0 Å². The van der Waals surface area contributed by atoms with Gasteiger partial charge in [0.2, 0.25) is 5.82 Å². The highest BCUT2D eigenvalue weighted by molar-refractivity contribution is 5.85. The predicted molar refractivity (Wildman–Crippen MR) is 133 cm³/mol. The average molecular weight is 457 g/mol. The fourth-order valence-electron chi connectivity index (χ4n) is 4.27. The molecule has 0 saturated carbocycles. The van der Waals surface area contributed by atoms with E-state index in [1.165, 1.54) is 0 Å². The highest BCUT2D eigenvalue weighted by Crippen LogP contribution is 2.32. The Morgan fingerprint density at radius 1 is 0.971 bits per heavy atom. The third kappa shape index (κ3) is 4.27. The molecule has 0 unspecified atom stereocenters. The number of imidazole rings is 1. The van der Waals surface area contributed by atoms with E-state index in [0.717, 1.165) is 63.9 Å². The molecule has 0 aliphatic rings. The van der Waals surface area contributed by atoms with Crippen LogP contribution in [-0.4, -0.2) is 40.8 Å². The zero-order valence-electron chi connectivity index (χ0n) is 19.3. The first kappa shape index (κ1) is 23.1. The highest BCUT2D eigenvalue weighted by atomic mass is 16.3. The number of hydrogen-bond donors (Lipinski definition) is 2. The lowest BCUT2D eigenvalue weighted by atomic mass is 9.98. The van der Waals surface area contributed by atoms with E-state index in [-0.39, 0.29) is 11.2 Å². The largest absolute Gasteiger partial charge is 0.506 e. The summed E-state index contributed by atoms with van der Waals surface area (Å²) in [4.78, 5) is 4.89. The average Bonchev–Trinajstić information content (AvgIpc) is 3.50. The molecule has 174 valence electrons. The van der Waals surface area contributed by atoms with Crippen LogP contribution in [-0.2, 0) is 13.0 Å². The maximum absolute atomic E-state index is 10.6. The smallest absolute Gasteiger partial charge is 0.205 e. The number of H-pyrrole nitrogens is 1. The Morgan fingerprint density at radius 2 is 1.74 bits per heavy atom. The normalized spacial score (nSPS) is 11.0. The molecule has 2 heterocycles. The molecule has 0 bridgehead atoms. The van der Waals surface area contributed by atoms with E-state index in [9.17, 15) is 5.11 Å². The molecule has 4 N–H and O–H groups in total. The van der Waals surface area contributed by atoms with Gasteiger partial charge in [-0.05, 0) is 46.9 Å². The number of aromatic amines is 1. The molecule has 0 saturated heterocycles. The van der Waals surface area contributed by atoms with Crippen molar-refractivity contribution in [2.24, 2.45) is 0 Å². The topological polar surface area (TPSA) is 124 Å². The van der Waals surface area contributed by atoms with Gasteiger partial charge in [-0.15, -0.1) is 10.2 Å². The maximum Gasteiger partial charge on any atom is 0.205 e. The zero-order chi connectivity index (χ0) is 22.8. The van der Waals surface area contributed by atoms with Crippen LogP contribution in [0.4, 0.5) is 0 Å². The van der Waals surface area contributed by atoms with E-state index < -0.39 is 0 Å². The summed E-state index contributed by atoms with van der Waals surface area (Å²) in [7, 11) is 0. The third-order valence-electron chi connectivity index (χ3n) is 6.03. The van der Waals surface area contributed by atoms with Gasteiger partial charge in [0.1, 0.15) is 17.1 Å². The summed E-state index contributed by atoms with van der Waals surface area (Å²) in [5.74, 6) is 1.87. The molecule has 0 atom stereocenters. The summed E-state index contributed by atoms with van der Waals surface area (Å²) < 4.78 is 2.16. The first-order chi connectivity index (χ1) is 16.2. The van der Waals surface area contributed by atoms with E-state index in [1.807, 2.05) is 31.2 Å². The Bertz CT molecular complexity index is 1390. The van der Waals surface area contributed by atoms with Crippen LogP contribution < -0.4 is 0 Å². The number of unbranched alkanes of at least 4 members (excludes halogenated alkanes) is 1. The molecular weight excluding hydrogens is 428 g/mol. The predicted octanol–water partition coefficient (Wildman–Crippen LogP) is 4.46. The summed E-state index contributed by atoms with van der Waals surface area (Å²) >= 11 is 0. The van der Waals surface area contributed by atoms with E-state index in [2.05, 4.69) is 62.4 Å². The summed E-state index contributed by atoms with van der Waals surface area (Å²) in [6.45, 7) is 4.87. The molecule has 3 aromatic carbocycles. The number of rotatable bonds is 7. The fraction of sp³-hybridized carbons (Fsp3) is 0.231. The number of aromatic nitrogens is 6. The number of aromatic hydroxyl groups is 1. The van der Waals surface area contributed by atoms with Crippen LogP contribution in [0.15, 0.2) is 60.7 Å². The number of hydrogen-bond acceptors (Lipinski definition) is 5. The SMILES string of the molecule is CCCCc1nc2c(C)ccc(O)c2n1Cc1ccc(-c2ccccc2-c2nn[nH]n2)cc1.O. The maximum atomic E-state index is 10.6. The lowest BCUT2D eigenvalue weighted by Gasteiger charge is -2.12. The molecule has 0 amide bonds. The summed E-state index contributed by atoms with van der Waals surface area (Å²) in [6.07, 6.45) is 3.05. The van der Waals surface area contributed by atoms with Crippen LogP contribution in [0.2, 0.25) is 0 Å². The van der Waals surface area contributed by atoms with Gasteiger partial charge in [0.05, 0.1) is 5.52 Å². The van der Waals surface area contributed by atoms with Gasteiger partial charge in [-0.25, -0.2) is 4.98 Å². The quantitative estimate of drug-likeness (QED) is 0.374. The van der Waals surface area contributed by atoms with E-state index in [1.54, 1.807) is 6.07 Å². The minimum atomic E-state index is 0. The molecule has 8 heteroatoms. The van der Waals surface area contributed by atoms with Crippen molar-refractivity contribution in [2.45, 2.75) is 39.7 Å². The van der Waals surface area contributed by atoms with Gasteiger partial charge in [-0.1, -0.05) is 67.9 Å². The third-order valence-corrected chi connectivity index (χ3v) is 6.03. The standard InChI is InChI=1S/C26H26N6O.H2O/c1-3-4-9-23-27-24-17(2)10-15-22(33)25(24)32(23)16-18-11-13-19(14-12-18)20-7-5-6-8-21(20)26-28-30-31-29-26;/h5-8,10-15,33H,3-4,9,16H2,1-2H3,(H,28,29,30,31);1H2. The number of phenolic OH excluding ortho intramolecular Hbond substituents is 1. The van der Waals surface area contributed by atoms with Gasteiger partial charge in [0, 0.05) is 18.5 Å². The molecule has 5 rings (SSSR count). The van der Waals surface area contributed by atoms with Crippen LogP contribution >= 0.6 is 0 Å². The minimum absolute atomic E-state index is 0. The second-order valence-electron chi connectivity index (χ2n) is 8.29. The van der Waals surface area contributed by atoms with Gasteiger partial charge in [0.15, 0.2) is 0 Å². The summed E-state index contributed by atoms with van der Waals surface area (Å²) in [6, 6.07) is 20.2. The van der Waals surface area contributed by atoms with Crippen molar-refractivity contribution < 1.29 is 10.6 Å². The molecule has 5 aromatic rings. The van der Waals surface area contributed by atoms with Gasteiger partial charge < -0.3 is 15.1 Å². The number of tetrazole rings is 1. The molecule has 0 spiro atoms. The van der Waals surface area contributed by atoms with Gasteiger partial charge in [-0.2, -0.15) is 5.21 Å². The lowest BCUT2D eigenvalue weighted by molar-refractivity contribution is 0.477. The fourth-order valence-corrected chi connectivity index (χ4v) is 4.27. The molecule has 0 aliphatic carbocycles. The van der Waals surface area contributed by atoms with Crippen molar-refractivity contribution in [1.29, 1.82) is 0 Å². The first-order valence-electron chi connectivity index (χ1n) is 11.3. The Kier molecular flexibility index (Phi) is 6.70. The van der Waals surface area contributed by atoms with Crippen molar-refractivity contribution in [3.8, 4) is 28.3 Å². The number of benzene rings is 3. The second-order valence-corrected chi connectivity index (χ2v) is 8.29. The van der Waals surface area contributed by atoms with Crippen LogP contribution in [0.1, 0.15) is 36.7 Å². The summed E-state index contributed by atoms with van der Waals surface area (Å²) in [5, 5.41) is 25.1. The minimum Gasteiger partial charge on any atom is -0.506 e. The van der Waals surface area contributed by atoms with E-state index >= 15 is 0 Å². The molecule has 0 aliphatic heterocycles. The van der Waals surface area contributed by atoms with Crippen molar-refractivity contribution >= 4 is 11.0 Å². The Hall–Kier alpha value is -4.04. The van der Waals surface area contributed by atoms with Crippen LogP contribution in [0.3, 0.4) is 0 Å². The molecular formula is C26H28N6O2. The number of nitrogens with one attached hydrogen (secondary N) is 1. The molecule has 0 fully saturated rings. The second kappa shape index (κ2) is 9.84. The molecule has 0 radical (unpaired) electrons. The van der Waals surface area contributed by atoms with Gasteiger partial charge in [0.25, 0.3) is 0 Å². The highest BCUT2D eigenvalue weighted by Gasteiger charge is 2.16. The monoisotopic (exact) mass is 456 g/mol.